The Balaban J connectivity index is 2.21. The summed E-state index contributed by atoms with van der Waals surface area (Å²) in [6.45, 7) is 1.95. The molecule has 0 radical (unpaired) electrons. The lowest BCUT2D eigenvalue weighted by molar-refractivity contribution is -0.142. The van der Waals surface area contributed by atoms with Crippen molar-refractivity contribution in [3.8, 4) is 22.8 Å². The largest absolute Gasteiger partial charge is 0.493 e. The van der Waals surface area contributed by atoms with Crippen LogP contribution in [0.5, 0.6) is 11.5 Å². The minimum Gasteiger partial charge on any atom is -0.493 e. The van der Waals surface area contributed by atoms with Crippen LogP contribution in [0.25, 0.3) is 16.9 Å². The van der Waals surface area contributed by atoms with Crippen molar-refractivity contribution in [1.29, 1.82) is 0 Å². The molecule has 0 amide bonds. The lowest BCUT2D eigenvalue weighted by Crippen LogP contribution is -2.07. The summed E-state index contributed by atoms with van der Waals surface area (Å²) in [6, 6.07) is 3.03. The minimum atomic E-state index is -0.855. The number of fused-ring (bicyclic) bond motifs is 1. The summed E-state index contributed by atoms with van der Waals surface area (Å²) in [6.07, 6.45) is 1.40. The maximum atomic E-state index is 14.8. The molecule has 0 saturated heterocycles. The highest BCUT2D eigenvalue weighted by molar-refractivity contribution is 6.34. The third kappa shape index (κ3) is 3.70. The topological polar surface area (TPSA) is 75.0 Å². The molecule has 0 aliphatic heterocycles. The van der Waals surface area contributed by atoms with Gasteiger partial charge in [0, 0.05) is 17.8 Å². The van der Waals surface area contributed by atoms with Crippen molar-refractivity contribution in [3.63, 3.8) is 0 Å². The van der Waals surface area contributed by atoms with Gasteiger partial charge in [-0.25, -0.2) is 9.97 Å². The molecule has 0 atom stereocenters. The van der Waals surface area contributed by atoms with E-state index < -0.39 is 11.9 Å². The van der Waals surface area contributed by atoms with E-state index in [1.807, 2.05) is 0 Å². The number of hydrogen-bond donors (Lipinski definition) is 0. The molecule has 0 bridgehead atoms. The summed E-state index contributed by atoms with van der Waals surface area (Å²) in [5.74, 6) is -0.562. The second kappa shape index (κ2) is 8.20. The van der Waals surface area contributed by atoms with Gasteiger partial charge in [-0.1, -0.05) is 23.2 Å². The molecule has 0 fully saturated rings. The number of methoxy groups -OCH3 is 2. The first-order chi connectivity index (χ1) is 13.4. The van der Waals surface area contributed by atoms with Crippen molar-refractivity contribution >= 4 is 34.8 Å². The van der Waals surface area contributed by atoms with Gasteiger partial charge in [0.05, 0.1) is 38.0 Å². The zero-order chi connectivity index (χ0) is 20.4. The average Bonchev–Trinajstić information content (AvgIpc) is 3.06. The highest BCUT2D eigenvalue weighted by Crippen LogP contribution is 2.39. The third-order valence-corrected chi connectivity index (χ3v) is 4.50. The van der Waals surface area contributed by atoms with E-state index in [1.54, 1.807) is 6.92 Å². The number of benzene rings is 1. The Morgan fingerprint density at radius 1 is 1.18 bits per heavy atom. The van der Waals surface area contributed by atoms with E-state index in [9.17, 15) is 9.18 Å². The van der Waals surface area contributed by atoms with Crippen molar-refractivity contribution in [1.82, 2.24) is 14.4 Å². The molecule has 148 valence electrons. The first-order valence-corrected chi connectivity index (χ1v) is 8.95. The van der Waals surface area contributed by atoms with Crippen LogP contribution < -0.4 is 9.47 Å². The van der Waals surface area contributed by atoms with Gasteiger partial charge in [-0.2, -0.15) is 4.39 Å². The van der Waals surface area contributed by atoms with Crippen LogP contribution in [0.4, 0.5) is 4.39 Å². The summed E-state index contributed by atoms with van der Waals surface area (Å²) >= 11 is 12.4. The smallest absolute Gasteiger partial charge is 0.311 e. The molecule has 7 nitrogen and oxygen atoms in total. The van der Waals surface area contributed by atoms with Crippen LogP contribution in [-0.2, 0) is 16.0 Å². The molecule has 2 heterocycles. The zero-order valence-electron chi connectivity index (χ0n) is 15.3. The number of ether oxygens (including phenoxy) is 3. The maximum Gasteiger partial charge on any atom is 0.311 e. The predicted molar refractivity (Wildman–Crippen MR) is 102 cm³/mol. The molecule has 0 unspecified atom stereocenters. The summed E-state index contributed by atoms with van der Waals surface area (Å²) < 4.78 is 31.6. The van der Waals surface area contributed by atoms with Crippen LogP contribution in [0.1, 0.15) is 12.6 Å². The standard InChI is InChI=1S/C18H16Cl2FN3O4/c1-4-28-14(25)5-9-8-24-15(17(21)23-16(20)18(24)22-9)10-6-12(26-2)13(27-3)7-11(10)19/h6-8H,4-5H2,1-3H3. The van der Waals surface area contributed by atoms with Gasteiger partial charge in [0.1, 0.15) is 5.69 Å². The van der Waals surface area contributed by atoms with E-state index in [2.05, 4.69) is 9.97 Å². The monoisotopic (exact) mass is 427 g/mol. The van der Waals surface area contributed by atoms with Crippen LogP contribution in [0.2, 0.25) is 10.2 Å². The quantitative estimate of drug-likeness (QED) is 0.554. The summed E-state index contributed by atoms with van der Waals surface area (Å²) in [5.41, 5.74) is 0.854. The number of hydrogen-bond acceptors (Lipinski definition) is 6. The molecule has 3 rings (SSSR count). The second-order valence-corrected chi connectivity index (χ2v) is 6.40. The average molecular weight is 428 g/mol. The van der Waals surface area contributed by atoms with Gasteiger partial charge in [0.25, 0.3) is 0 Å². The Hall–Kier alpha value is -2.58. The first kappa shape index (κ1) is 20.2. The Bertz CT molecular complexity index is 1060. The molecule has 10 heteroatoms. The van der Waals surface area contributed by atoms with Crippen LogP contribution in [0, 0.1) is 5.95 Å². The Kier molecular flexibility index (Phi) is 5.90. The maximum absolute atomic E-state index is 14.8. The number of carbonyl (C=O) groups is 1. The molecule has 28 heavy (non-hydrogen) atoms. The first-order valence-electron chi connectivity index (χ1n) is 8.20. The fourth-order valence-electron chi connectivity index (χ4n) is 2.76. The van der Waals surface area contributed by atoms with Gasteiger partial charge in [-0.15, -0.1) is 0 Å². The van der Waals surface area contributed by atoms with Gasteiger partial charge in [-0.3, -0.25) is 9.20 Å². The number of aromatic nitrogens is 3. The van der Waals surface area contributed by atoms with Crippen molar-refractivity contribution in [2.75, 3.05) is 20.8 Å². The minimum absolute atomic E-state index is 0.0213. The Morgan fingerprint density at radius 2 is 1.86 bits per heavy atom. The highest BCUT2D eigenvalue weighted by atomic mass is 35.5. The molecule has 0 aliphatic rings. The fraction of sp³-hybridized carbons (Fsp3) is 0.278. The lowest BCUT2D eigenvalue weighted by Gasteiger charge is -2.13. The molecule has 0 aliphatic carbocycles. The predicted octanol–water partition coefficient (Wildman–Crippen LogP) is 3.97. The van der Waals surface area contributed by atoms with E-state index in [-0.39, 0.29) is 34.5 Å². The van der Waals surface area contributed by atoms with E-state index >= 15 is 0 Å². The second-order valence-electron chi connectivity index (χ2n) is 5.64. The van der Waals surface area contributed by atoms with Crippen LogP contribution >= 0.6 is 23.2 Å². The Labute approximate surface area is 170 Å². The van der Waals surface area contributed by atoms with Crippen molar-refractivity contribution in [2.24, 2.45) is 0 Å². The van der Waals surface area contributed by atoms with Crippen LogP contribution in [0.3, 0.4) is 0 Å². The molecule has 0 N–H and O–H groups in total. The fourth-order valence-corrected chi connectivity index (χ4v) is 3.21. The molecule has 0 saturated carbocycles. The summed E-state index contributed by atoms with van der Waals surface area (Å²) in [4.78, 5) is 19.7. The van der Waals surface area contributed by atoms with E-state index in [0.717, 1.165) is 0 Å². The van der Waals surface area contributed by atoms with Crippen molar-refractivity contribution in [2.45, 2.75) is 13.3 Å². The summed E-state index contributed by atoms with van der Waals surface area (Å²) in [7, 11) is 2.92. The normalized spacial score (nSPS) is 10.9. The van der Waals surface area contributed by atoms with Gasteiger partial charge >= 0.3 is 5.97 Å². The van der Waals surface area contributed by atoms with Crippen LogP contribution in [-0.4, -0.2) is 41.2 Å². The van der Waals surface area contributed by atoms with Gasteiger partial charge in [0.2, 0.25) is 5.95 Å². The number of halogens is 3. The van der Waals surface area contributed by atoms with Gasteiger partial charge in [-0.05, 0) is 13.0 Å². The molecule has 0 spiro atoms. The molecule has 3 aromatic rings. The number of imidazole rings is 1. The van der Waals surface area contributed by atoms with E-state index in [1.165, 1.54) is 36.9 Å². The summed E-state index contributed by atoms with van der Waals surface area (Å²) in [5, 5.41) is 0.0653. The van der Waals surface area contributed by atoms with E-state index in [4.69, 9.17) is 37.4 Å². The Morgan fingerprint density at radius 3 is 2.50 bits per heavy atom. The van der Waals surface area contributed by atoms with Crippen LogP contribution in [0.15, 0.2) is 18.3 Å². The highest BCUT2D eigenvalue weighted by Gasteiger charge is 2.22. The number of esters is 1. The third-order valence-electron chi connectivity index (χ3n) is 3.93. The SMILES string of the molecule is CCOC(=O)Cc1cn2c(-c3cc(OC)c(OC)cc3Cl)c(F)nc(Cl)c2n1. The van der Waals surface area contributed by atoms with Gasteiger partial charge < -0.3 is 14.2 Å². The van der Waals surface area contributed by atoms with E-state index in [0.29, 0.717) is 22.8 Å². The van der Waals surface area contributed by atoms with Crippen molar-refractivity contribution in [3.05, 3.63) is 40.1 Å². The van der Waals surface area contributed by atoms with Gasteiger partial charge in [0.15, 0.2) is 22.3 Å². The van der Waals surface area contributed by atoms with Crippen molar-refractivity contribution < 1.29 is 23.4 Å². The molecule has 1 aromatic carbocycles. The molecular weight excluding hydrogens is 412 g/mol. The number of carbonyl (C=O) groups excluding carboxylic acids is 1. The number of rotatable bonds is 6. The zero-order valence-corrected chi connectivity index (χ0v) is 16.8. The molecular formula is C18H16Cl2FN3O4. The molecule has 2 aromatic heterocycles. The lowest BCUT2D eigenvalue weighted by atomic mass is 10.1. The number of nitrogens with zero attached hydrogens (tertiary/aromatic N) is 3.